The van der Waals surface area contributed by atoms with Crippen molar-refractivity contribution in [1.29, 1.82) is 0 Å². The molecule has 0 aromatic heterocycles. The monoisotopic (exact) mass is 199 g/mol. The van der Waals surface area contributed by atoms with Gasteiger partial charge < -0.3 is 5.32 Å². The second-order valence-corrected chi connectivity index (χ2v) is 3.52. The van der Waals surface area contributed by atoms with Crippen LogP contribution in [0.25, 0.3) is 0 Å². The fourth-order valence-electron chi connectivity index (χ4n) is 0.861. The third-order valence-electron chi connectivity index (χ3n) is 1.49. The van der Waals surface area contributed by atoms with Crippen molar-refractivity contribution in [2.45, 2.75) is 13.5 Å². The normalized spacial score (nSPS) is 9.50. The summed E-state index contributed by atoms with van der Waals surface area (Å²) in [6.07, 6.45) is 0. The summed E-state index contributed by atoms with van der Waals surface area (Å²) in [4.78, 5) is 0.787. The molecule has 0 saturated heterocycles. The van der Waals surface area contributed by atoms with E-state index >= 15 is 0 Å². The van der Waals surface area contributed by atoms with Crippen molar-refractivity contribution >= 4 is 28.8 Å². The highest BCUT2D eigenvalue weighted by Crippen LogP contribution is 2.13. The Bertz CT molecular complexity index is 286. The minimum atomic E-state index is 0.703. The summed E-state index contributed by atoms with van der Waals surface area (Å²) in [5, 5.41) is 3.83. The van der Waals surface area contributed by atoms with E-state index in [9.17, 15) is 0 Å². The average molecular weight is 200 g/mol. The van der Waals surface area contributed by atoms with E-state index in [1.807, 2.05) is 31.2 Å². The molecule has 1 N–H and O–H groups in total. The molecule has 0 amide bonds. The molecule has 64 valence electrons. The van der Waals surface area contributed by atoms with Crippen LogP contribution < -0.4 is 5.32 Å². The number of benzene rings is 1. The molecule has 0 heterocycles. The van der Waals surface area contributed by atoms with Crippen molar-refractivity contribution < 1.29 is 0 Å². The molecule has 0 radical (unpaired) electrons. The van der Waals surface area contributed by atoms with E-state index in [2.05, 4.69) is 5.32 Å². The van der Waals surface area contributed by atoms with Crippen LogP contribution in [0.4, 0.5) is 0 Å². The van der Waals surface area contributed by atoms with Crippen LogP contribution in [0.5, 0.6) is 0 Å². The first-order valence-corrected chi connectivity index (χ1v) is 4.46. The molecule has 0 fully saturated rings. The number of hydrogen-bond donors (Lipinski definition) is 1. The molecule has 0 aliphatic rings. The highest BCUT2D eigenvalue weighted by molar-refractivity contribution is 7.80. The summed E-state index contributed by atoms with van der Waals surface area (Å²) in [6, 6.07) is 7.72. The summed E-state index contributed by atoms with van der Waals surface area (Å²) < 4.78 is 0. The zero-order valence-corrected chi connectivity index (χ0v) is 8.38. The van der Waals surface area contributed by atoms with Crippen molar-refractivity contribution in [2.24, 2.45) is 0 Å². The summed E-state index contributed by atoms with van der Waals surface area (Å²) in [5.41, 5.74) is 1.07. The first kappa shape index (κ1) is 9.49. The lowest BCUT2D eigenvalue weighted by atomic mass is 10.2. The fourth-order valence-corrected chi connectivity index (χ4v) is 1.14. The van der Waals surface area contributed by atoms with E-state index < -0.39 is 0 Å². The summed E-state index contributed by atoms with van der Waals surface area (Å²) in [5.74, 6) is 0. The fraction of sp³-hybridized carbons (Fsp3) is 0.222. The maximum atomic E-state index is 5.92. The van der Waals surface area contributed by atoms with Crippen LogP contribution in [0.3, 0.4) is 0 Å². The number of rotatable bonds is 2. The van der Waals surface area contributed by atoms with Crippen LogP contribution in [-0.4, -0.2) is 4.99 Å². The second kappa shape index (κ2) is 4.43. The topological polar surface area (TPSA) is 12.0 Å². The van der Waals surface area contributed by atoms with Gasteiger partial charge in [0.05, 0.1) is 4.99 Å². The van der Waals surface area contributed by atoms with Crippen LogP contribution in [0.15, 0.2) is 24.3 Å². The van der Waals surface area contributed by atoms with E-state index in [4.69, 9.17) is 23.8 Å². The molecule has 0 aliphatic carbocycles. The Labute approximate surface area is 82.7 Å². The van der Waals surface area contributed by atoms with E-state index in [1.165, 1.54) is 0 Å². The Morgan fingerprint density at radius 2 is 2.17 bits per heavy atom. The third kappa shape index (κ3) is 2.80. The Morgan fingerprint density at radius 3 is 2.75 bits per heavy atom. The van der Waals surface area contributed by atoms with E-state index in [0.29, 0.717) is 6.54 Å². The van der Waals surface area contributed by atoms with Gasteiger partial charge in [0.15, 0.2) is 0 Å². The minimum absolute atomic E-state index is 0.703. The van der Waals surface area contributed by atoms with Gasteiger partial charge in [0.2, 0.25) is 0 Å². The second-order valence-electron chi connectivity index (χ2n) is 2.50. The van der Waals surface area contributed by atoms with Crippen molar-refractivity contribution in [2.75, 3.05) is 0 Å². The Kier molecular flexibility index (Phi) is 3.50. The minimum Gasteiger partial charge on any atom is -0.376 e. The lowest BCUT2D eigenvalue weighted by Crippen LogP contribution is -2.17. The molecule has 1 rings (SSSR count). The Hall–Kier alpha value is -0.600. The van der Waals surface area contributed by atoms with Crippen LogP contribution in [0.1, 0.15) is 12.5 Å². The first-order chi connectivity index (χ1) is 5.70. The smallest absolute Gasteiger partial charge is 0.0724 e. The van der Waals surface area contributed by atoms with Crippen LogP contribution in [-0.2, 0) is 6.54 Å². The Balaban J connectivity index is 2.63. The molecular formula is C9H10ClNS. The van der Waals surface area contributed by atoms with Gasteiger partial charge in [-0.25, -0.2) is 0 Å². The molecule has 0 aliphatic heterocycles. The van der Waals surface area contributed by atoms with Crippen molar-refractivity contribution in [3.8, 4) is 0 Å². The van der Waals surface area contributed by atoms with Gasteiger partial charge in [-0.3, -0.25) is 0 Å². The predicted octanol–water partition coefficient (Wildman–Crippen LogP) is 2.78. The maximum absolute atomic E-state index is 5.92. The summed E-state index contributed by atoms with van der Waals surface area (Å²) in [6.45, 7) is 2.56. The van der Waals surface area contributed by atoms with Crippen LogP contribution >= 0.6 is 23.8 Å². The number of hydrogen-bond acceptors (Lipinski definition) is 1. The van der Waals surface area contributed by atoms with Crippen LogP contribution in [0, 0.1) is 0 Å². The summed E-state index contributed by atoms with van der Waals surface area (Å²) >= 11 is 10.8. The molecule has 1 nitrogen and oxygen atoms in total. The zero-order valence-electron chi connectivity index (χ0n) is 6.80. The molecule has 12 heavy (non-hydrogen) atoms. The lowest BCUT2D eigenvalue weighted by Gasteiger charge is -2.05. The van der Waals surface area contributed by atoms with Gasteiger partial charge in [0, 0.05) is 11.6 Å². The van der Waals surface area contributed by atoms with Crippen LogP contribution in [0.2, 0.25) is 5.02 Å². The van der Waals surface area contributed by atoms with Gasteiger partial charge >= 0.3 is 0 Å². The largest absolute Gasteiger partial charge is 0.376 e. The van der Waals surface area contributed by atoms with Crippen molar-refractivity contribution in [1.82, 2.24) is 5.32 Å². The Morgan fingerprint density at radius 1 is 1.50 bits per heavy atom. The van der Waals surface area contributed by atoms with Crippen molar-refractivity contribution in [3.63, 3.8) is 0 Å². The molecule has 1 aromatic rings. The number of halogens is 1. The molecule has 1 aromatic carbocycles. The van der Waals surface area contributed by atoms with E-state index in [-0.39, 0.29) is 0 Å². The molecule has 0 spiro atoms. The molecule has 3 heteroatoms. The summed E-state index contributed by atoms with van der Waals surface area (Å²) in [7, 11) is 0. The standard InChI is InChI=1S/C9H10ClNS/c1-7(12)11-6-8-4-2-3-5-9(8)10/h2-5H,6H2,1H3,(H,11,12). The highest BCUT2D eigenvalue weighted by Gasteiger charge is 1.96. The molecule has 0 atom stereocenters. The highest BCUT2D eigenvalue weighted by atomic mass is 35.5. The van der Waals surface area contributed by atoms with Crippen molar-refractivity contribution in [3.05, 3.63) is 34.9 Å². The van der Waals surface area contributed by atoms with Gasteiger partial charge in [-0.2, -0.15) is 0 Å². The molecule has 0 saturated carbocycles. The van der Waals surface area contributed by atoms with E-state index in [0.717, 1.165) is 15.6 Å². The predicted molar refractivity (Wildman–Crippen MR) is 56.6 cm³/mol. The van der Waals surface area contributed by atoms with Gasteiger partial charge in [-0.15, -0.1) is 0 Å². The molecular weight excluding hydrogens is 190 g/mol. The van der Waals surface area contributed by atoms with Gasteiger partial charge in [0.1, 0.15) is 0 Å². The maximum Gasteiger partial charge on any atom is 0.0724 e. The third-order valence-corrected chi connectivity index (χ3v) is 2.00. The SMILES string of the molecule is CC(=S)NCc1ccccc1Cl. The van der Waals surface area contributed by atoms with E-state index in [1.54, 1.807) is 0 Å². The molecule has 0 unspecified atom stereocenters. The average Bonchev–Trinajstić information content (AvgIpc) is 2.03. The van der Waals surface area contributed by atoms with Gasteiger partial charge in [-0.1, -0.05) is 42.0 Å². The first-order valence-electron chi connectivity index (χ1n) is 3.68. The lowest BCUT2D eigenvalue weighted by molar-refractivity contribution is 0.925. The number of nitrogens with one attached hydrogen (secondary N) is 1. The quantitative estimate of drug-likeness (QED) is 0.736. The number of thiocarbonyl (C=S) groups is 1. The van der Waals surface area contributed by atoms with Gasteiger partial charge in [0.25, 0.3) is 0 Å². The van der Waals surface area contributed by atoms with Gasteiger partial charge in [-0.05, 0) is 18.6 Å². The zero-order chi connectivity index (χ0) is 8.97. The molecule has 0 bridgehead atoms.